The van der Waals surface area contributed by atoms with E-state index in [-0.39, 0.29) is 17.1 Å². The number of carboxylic acids is 1. The molecule has 2 rings (SSSR count). The van der Waals surface area contributed by atoms with Crippen LogP contribution in [0.25, 0.3) is 0 Å². The summed E-state index contributed by atoms with van der Waals surface area (Å²) in [6.07, 6.45) is 0. The van der Waals surface area contributed by atoms with E-state index in [2.05, 4.69) is 0 Å². The molecule has 92 valence electrons. The molecular formula is C14H12O4. The average Bonchev–Trinajstić information content (AvgIpc) is 2.33. The summed E-state index contributed by atoms with van der Waals surface area (Å²) in [5.41, 5.74) is 0.831. The number of hydrogen-bond donors (Lipinski definition) is 3. The van der Waals surface area contributed by atoms with Gasteiger partial charge < -0.3 is 15.3 Å². The molecule has 2 aromatic rings. The summed E-state index contributed by atoms with van der Waals surface area (Å²) in [6, 6.07) is 12.5. The molecule has 18 heavy (non-hydrogen) atoms. The van der Waals surface area contributed by atoms with Crippen LogP contribution < -0.4 is 0 Å². The molecule has 0 saturated carbocycles. The Labute approximate surface area is 104 Å². The van der Waals surface area contributed by atoms with E-state index in [4.69, 9.17) is 0 Å². The molecule has 1 atom stereocenters. The molecule has 2 aromatic carbocycles. The van der Waals surface area contributed by atoms with E-state index >= 15 is 0 Å². The minimum absolute atomic E-state index is 0.103. The number of rotatable bonds is 3. The number of phenolic OH excluding ortho intramolecular Hbond substituents is 2. The van der Waals surface area contributed by atoms with Crippen LogP contribution in [0.15, 0.2) is 48.5 Å². The van der Waals surface area contributed by atoms with Gasteiger partial charge in [0.15, 0.2) is 0 Å². The van der Waals surface area contributed by atoms with Crippen LogP contribution in [-0.4, -0.2) is 21.3 Å². The number of benzene rings is 2. The van der Waals surface area contributed by atoms with Gasteiger partial charge in [0, 0.05) is 11.6 Å². The zero-order valence-corrected chi connectivity index (χ0v) is 9.45. The van der Waals surface area contributed by atoms with Gasteiger partial charge in [0.1, 0.15) is 17.4 Å². The quantitative estimate of drug-likeness (QED) is 0.774. The van der Waals surface area contributed by atoms with Crippen LogP contribution in [0.2, 0.25) is 0 Å². The van der Waals surface area contributed by atoms with Crippen molar-refractivity contribution in [2.45, 2.75) is 5.92 Å². The lowest BCUT2D eigenvalue weighted by Gasteiger charge is -2.14. The van der Waals surface area contributed by atoms with Crippen molar-refractivity contribution in [3.63, 3.8) is 0 Å². The predicted octanol–water partition coefficient (Wildman–Crippen LogP) is 2.31. The first kappa shape index (κ1) is 12.0. The molecule has 4 heteroatoms. The van der Waals surface area contributed by atoms with Crippen molar-refractivity contribution < 1.29 is 20.1 Å². The maximum atomic E-state index is 11.4. The molecule has 0 radical (unpaired) electrons. The Morgan fingerprint density at radius 3 is 2.22 bits per heavy atom. The van der Waals surface area contributed by atoms with Gasteiger partial charge in [-0.15, -0.1) is 0 Å². The highest BCUT2D eigenvalue weighted by molar-refractivity contribution is 5.81. The van der Waals surface area contributed by atoms with Crippen molar-refractivity contribution in [1.82, 2.24) is 0 Å². The molecule has 0 fully saturated rings. The zero-order valence-electron chi connectivity index (χ0n) is 9.45. The van der Waals surface area contributed by atoms with Crippen LogP contribution in [-0.2, 0) is 4.79 Å². The normalized spacial score (nSPS) is 12.0. The number of hydrogen-bond acceptors (Lipinski definition) is 3. The summed E-state index contributed by atoms with van der Waals surface area (Å²) in [4.78, 5) is 11.4. The van der Waals surface area contributed by atoms with Crippen LogP contribution in [0.4, 0.5) is 0 Å². The van der Waals surface area contributed by atoms with Crippen molar-refractivity contribution in [3.05, 3.63) is 59.7 Å². The molecule has 0 bridgehead atoms. The summed E-state index contributed by atoms with van der Waals surface area (Å²) in [6.45, 7) is 0. The Kier molecular flexibility index (Phi) is 3.19. The topological polar surface area (TPSA) is 77.8 Å². The van der Waals surface area contributed by atoms with Crippen molar-refractivity contribution >= 4 is 5.97 Å². The second kappa shape index (κ2) is 4.79. The fourth-order valence-corrected chi connectivity index (χ4v) is 1.88. The Morgan fingerprint density at radius 2 is 1.67 bits per heavy atom. The molecular weight excluding hydrogens is 232 g/mol. The molecule has 3 N–H and O–H groups in total. The molecule has 1 unspecified atom stereocenters. The number of carbonyl (C=O) groups is 1. The van der Waals surface area contributed by atoms with Gasteiger partial charge >= 0.3 is 5.97 Å². The highest BCUT2D eigenvalue weighted by Crippen LogP contribution is 2.33. The van der Waals surface area contributed by atoms with Crippen LogP contribution in [0.1, 0.15) is 17.0 Å². The molecule has 0 heterocycles. The minimum atomic E-state index is -1.05. The van der Waals surface area contributed by atoms with E-state index in [0.29, 0.717) is 5.56 Å². The molecule has 0 aliphatic carbocycles. The highest BCUT2D eigenvalue weighted by Gasteiger charge is 2.24. The highest BCUT2D eigenvalue weighted by atomic mass is 16.4. The lowest BCUT2D eigenvalue weighted by atomic mass is 9.91. The Balaban J connectivity index is 2.52. The lowest BCUT2D eigenvalue weighted by molar-refractivity contribution is -0.137. The van der Waals surface area contributed by atoms with Crippen LogP contribution in [0.3, 0.4) is 0 Å². The molecule has 4 nitrogen and oxygen atoms in total. The van der Waals surface area contributed by atoms with Crippen molar-refractivity contribution in [2.75, 3.05) is 0 Å². The maximum absolute atomic E-state index is 11.4. The number of aromatic hydroxyl groups is 2. The monoisotopic (exact) mass is 244 g/mol. The second-order valence-corrected chi connectivity index (χ2v) is 3.93. The third kappa shape index (κ3) is 2.27. The first-order valence-corrected chi connectivity index (χ1v) is 5.39. The van der Waals surface area contributed by atoms with E-state index in [1.807, 2.05) is 0 Å². The summed E-state index contributed by atoms with van der Waals surface area (Å²) in [7, 11) is 0. The van der Waals surface area contributed by atoms with Gasteiger partial charge in [-0.25, -0.2) is 0 Å². The summed E-state index contributed by atoms with van der Waals surface area (Å²) in [5.74, 6) is -2.34. The number of phenols is 2. The maximum Gasteiger partial charge on any atom is 0.315 e. The first-order chi connectivity index (χ1) is 8.59. The van der Waals surface area contributed by atoms with Gasteiger partial charge in [-0.2, -0.15) is 0 Å². The first-order valence-electron chi connectivity index (χ1n) is 5.39. The zero-order chi connectivity index (χ0) is 13.1. The van der Waals surface area contributed by atoms with Gasteiger partial charge in [-0.1, -0.05) is 36.4 Å². The molecule has 0 amide bonds. The number of carboxylic acid groups (broad SMARTS) is 1. The standard InChI is InChI=1S/C14H12O4/c15-10-6-7-11(12(16)8-10)13(14(17)18)9-4-2-1-3-5-9/h1-8,13,15-16H,(H,17,18). The molecule has 0 spiro atoms. The van der Waals surface area contributed by atoms with Crippen molar-refractivity contribution in [2.24, 2.45) is 0 Å². The van der Waals surface area contributed by atoms with Crippen molar-refractivity contribution in [1.29, 1.82) is 0 Å². The van der Waals surface area contributed by atoms with Crippen molar-refractivity contribution in [3.8, 4) is 11.5 Å². The number of aliphatic carboxylic acids is 1. The van der Waals surface area contributed by atoms with E-state index in [1.54, 1.807) is 30.3 Å². The largest absolute Gasteiger partial charge is 0.508 e. The fraction of sp³-hybridized carbons (Fsp3) is 0.0714. The molecule has 0 aromatic heterocycles. The van der Waals surface area contributed by atoms with E-state index in [1.165, 1.54) is 12.1 Å². The van der Waals surface area contributed by atoms with Gasteiger partial charge in [0.05, 0.1) is 0 Å². The second-order valence-electron chi connectivity index (χ2n) is 3.93. The fourth-order valence-electron chi connectivity index (χ4n) is 1.88. The van der Waals surface area contributed by atoms with Crippen LogP contribution in [0, 0.1) is 0 Å². The van der Waals surface area contributed by atoms with Crippen LogP contribution in [0.5, 0.6) is 11.5 Å². The molecule has 0 aliphatic rings. The SMILES string of the molecule is O=C(O)C(c1ccccc1)c1ccc(O)cc1O. The third-order valence-corrected chi connectivity index (χ3v) is 2.70. The van der Waals surface area contributed by atoms with Gasteiger partial charge in [0.2, 0.25) is 0 Å². The van der Waals surface area contributed by atoms with Gasteiger partial charge in [-0.3, -0.25) is 4.79 Å². The summed E-state index contributed by atoms with van der Waals surface area (Å²) in [5, 5.41) is 28.3. The Bertz CT molecular complexity index is 563. The average molecular weight is 244 g/mol. The lowest BCUT2D eigenvalue weighted by Crippen LogP contribution is -2.13. The van der Waals surface area contributed by atoms with E-state index < -0.39 is 11.9 Å². The predicted molar refractivity (Wildman–Crippen MR) is 65.7 cm³/mol. The molecule has 0 saturated heterocycles. The Morgan fingerprint density at radius 1 is 1.00 bits per heavy atom. The molecule has 0 aliphatic heterocycles. The summed E-state index contributed by atoms with van der Waals surface area (Å²) >= 11 is 0. The summed E-state index contributed by atoms with van der Waals surface area (Å²) < 4.78 is 0. The Hall–Kier alpha value is -2.49. The van der Waals surface area contributed by atoms with Crippen LogP contribution >= 0.6 is 0 Å². The van der Waals surface area contributed by atoms with E-state index in [0.717, 1.165) is 6.07 Å². The minimum Gasteiger partial charge on any atom is -0.508 e. The third-order valence-electron chi connectivity index (χ3n) is 2.70. The van der Waals surface area contributed by atoms with Gasteiger partial charge in [0.25, 0.3) is 0 Å². The van der Waals surface area contributed by atoms with E-state index in [9.17, 15) is 20.1 Å². The smallest absolute Gasteiger partial charge is 0.315 e. The van der Waals surface area contributed by atoms with Gasteiger partial charge in [-0.05, 0) is 11.6 Å².